The van der Waals surface area contributed by atoms with Crippen molar-refractivity contribution < 1.29 is 14.3 Å². The highest BCUT2D eigenvalue weighted by Crippen LogP contribution is 2.20. The Balaban J connectivity index is 1.26. The van der Waals surface area contributed by atoms with Gasteiger partial charge in [0.05, 0.1) is 12.6 Å². The molecule has 1 aliphatic heterocycles. The van der Waals surface area contributed by atoms with Crippen molar-refractivity contribution >= 4 is 22.7 Å². The number of hydrogen-bond donors (Lipinski definition) is 1. The zero-order valence-corrected chi connectivity index (χ0v) is 18.6. The van der Waals surface area contributed by atoms with Crippen molar-refractivity contribution in [1.82, 2.24) is 34.9 Å². The summed E-state index contributed by atoms with van der Waals surface area (Å²) in [6.07, 6.45) is 4.25. The van der Waals surface area contributed by atoms with E-state index in [0.29, 0.717) is 48.6 Å². The minimum absolute atomic E-state index is 0.0252. The maximum absolute atomic E-state index is 13.0. The molecule has 10 heteroatoms. The van der Waals surface area contributed by atoms with E-state index in [4.69, 9.17) is 4.74 Å². The number of piperidine rings is 1. The van der Waals surface area contributed by atoms with Crippen LogP contribution in [0.4, 0.5) is 0 Å². The summed E-state index contributed by atoms with van der Waals surface area (Å²) in [7, 11) is 1.59. The van der Waals surface area contributed by atoms with Crippen molar-refractivity contribution in [2.45, 2.75) is 18.9 Å². The van der Waals surface area contributed by atoms with Gasteiger partial charge in [-0.15, -0.1) is 0 Å². The number of para-hydroxylation sites is 1. The van der Waals surface area contributed by atoms with Crippen LogP contribution in [0.5, 0.6) is 5.75 Å². The van der Waals surface area contributed by atoms with Gasteiger partial charge < -0.3 is 15.0 Å². The largest absolute Gasteiger partial charge is 0.497 e. The number of benzene rings is 2. The molecule has 0 spiro atoms. The second-order valence-electron chi connectivity index (χ2n) is 8.00. The maximum atomic E-state index is 13.0. The molecule has 34 heavy (non-hydrogen) atoms. The fraction of sp³-hybridized carbons (Fsp3) is 0.250. The first-order chi connectivity index (χ1) is 16.6. The zero-order valence-electron chi connectivity index (χ0n) is 18.6. The number of methoxy groups -OCH3 is 1. The molecule has 0 aliphatic carbocycles. The third-order valence-electron chi connectivity index (χ3n) is 5.88. The number of fused-ring (bicyclic) bond motifs is 1. The maximum Gasteiger partial charge on any atom is 0.289 e. The fourth-order valence-corrected chi connectivity index (χ4v) is 4.05. The Bertz CT molecular complexity index is 1310. The lowest BCUT2D eigenvalue weighted by atomic mass is 10.0. The van der Waals surface area contributed by atoms with Gasteiger partial charge in [-0.1, -0.05) is 12.1 Å². The fourth-order valence-electron chi connectivity index (χ4n) is 4.05. The van der Waals surface area contributed by atoms with Crippen LogP contribution in [0, 0.1) is 0 Å². The lowest BCUT2D eigenvalue weighted by molar-refractivity contribution is 0.0697. The molecule has 5 rings (SSSR count). The monoisotopic (exact) mass is 457 g/mol. The molecule has 2 aromatic carbocycles. The van der Waals surface area contributed by atoms with Crippen molar-refractivity contribution in [1.29, 1.82) is 0 Å². The Morgan fingerprint density at radius 3 is 2.50 bits per heavy atom. The van der Waals surface area contributed by atoms with Gasteiger partial charge in [0.1, 0.15) is 18.4 Å². The van der Waals surface area contributed by atoms with Gasteiger partial charge in [-0.3, -0.25) is 9.59 Å². The Labute approximate surface area is 195 Å². The SMILES string of the molecule is COc1ccc(C(=O)N2CCC(NC(=O)c3nc(-n4cncn4)c4ccccc4n3)CC2)cc1. The molecule has 1 N–H and O–H groups in total. The van der Waals surface area contributed by atoms with Gasteiger partial charge in [-0.25, -0.2) is 19.6 Å². The molecule has 0 radical (unpaired) electrons. The van der Waals surface area contributed by atoms with Crippen molar-refractivity contribution in [3.8, 4) is 11.6 Å². The second kappa shape index (κ2) is 9.26. The van der Waals surface area contributed by atoms with Crippen molar-refractivity contribution in [3.63, 3.8) is 0 Å². The normalized spacial score (nSPS) is 14.2. The van der Waals surface area contributed by atoms with Crippen LogP contribution in [0.1, 0.15) is 33.8 Å². The van der Waals surface area contributed by atoms with E-state index < -0.39 is 0 Å². The first-order valence-corrected chi connectivity index (χ1v) is 11.0. The van der Waals surface area contributed by atoms with E-state index in [2.05, 4.69) is 25.4 Å². The summed E-state index contributed by atoms with van der Waals surface area (Å²) in [5.74, 6) is 0.893. The molecular formula is C24H23N7O3. The highest BCUT2D eigenvalue weighted by molar-refractivity contribution is 5.95. The summed E-state index contributed by atoms with van der Waals surface area (Å²) in [4.78, 5) is 40.5. The molecule has 2 amide bonds. The van der Waals surface area contributed by atoms with Gasteiger partial charge >= 0.3 is 0 Å². The van der Waals surface area contributed by atoms with Crippen molar-refractivity contribution in [3.05, 3.63) is 72.6 Å². The molecule has 1 fully saturated rings. The number of rotatable bonds is 5. The van der Waals surface area contributed by atoms with E-state index in [9.17, 15) is 9.59 Å². The number of carbonyl (C=O) groups excluding carboxylic acids is 2. The molecule has 3 heterocycles. The molecule has 10 nitrogen and oxygen atoms in total. The van der Waals surface area contributed by atoms with Crippen molar-refractivity contribution in [2.24, 2.45) is 0 Å². The Hall–Kier alpha value is -4.34. The topological polar surface area (TPSA) is 115 Å². The minimum Gasteiger partial charge on any atom is -0.497 e. The lowest BCUT2D eigenvalue weighted by Crippen LogP contribution is -2.46. The van der Waals surface area contributed by atoms with Gasteiger partial charge in [0.25, 0.3) is 11.8 Å². The summed E-state index contributed by atoms with van der Waals surface area (Å²) in [6, 6.07) is 14.5. The standard InChI is InChI=1S/C24H23N7O3/c1-34-18-8-6-16(7-9-18)24(33)30-12-10-17(11-13-30)27-23(32)21-28-20-5-3-2-4-19(20)22(29-21)31-15-25-14-26-31/h2-9,14-15,17H,10-13H2,1H3,(H,27,32). The summed E-state index contributed by atoms with van der Waals surface area (Å²) < 4.78 is 6.67. The zero-order chi connectivity index (χ0) is 23.5. The number of nitrogens with zero attached hydrogens (tertiary/aromatic N) is 6. The molecular weight excluding hydrogens is 434 g/mol. The predicted molar refractivity (Wildman–Crippen MR) is 124 cm³/mol. The average molecular weight is 457 g/mol. The van der Waals surface area contributed by atoms with Crippen LogP contribution < -0.4 is 10.1 Å². The number of amides is 2. The molecule has 0 bridgehead atoms. The first-order valence-electron chi connectivity index (χ1n) is 11.0. The summed E-state index contributed by atoms with van der Waals surface area (Å²) >= 11 is 0. The highest BCUT2D eigenvalue weighted by atomic mass is 16.5. The van der Waals surface area contributed by atoms with Crippen LogP contribution in [0.2, 0.25) is 0 Å². The average Bonchev–Trinajstić information content (AvgIpc) is 3.43. The van der Waals surface area contributed by atoms with E-state index in [-0.39, 0.29) is 23.7 Å². The molecule has 1 aliphatic rings. The Kier molecular flexibility index (Phi) is 5.86. The smallest absolute Gasteiger partial charge is 0.289 e. The number of carbonyl (C=O) groups is 2. The summed E-state index contributed by atoms with van der Waals surface area (Å²) in [5, 5.41) is 7.95. The van der Waals surface area contributed by atoms with E-state index in [1.165, 1.54) is 17.3 Å². The third kappa shape index (κ3) is 4.29. The lowest BCUT2D eigenvalue weighted by Gasteiger charge is -2.32. The number of hydrogen-bond acceptors (Lipinski definition) is 7. The van der Waals surface area contributed by atoms with E-state index in [1.54, 1.807) is 36.3 Å². The van der Waals surface area contributed by atoms with Gasteiger partial charge in [0, 0.05) is 30.1 Å². The molecule has 0 saturated carbocycles. The predicted octanol–water partition coefficient (Wildman–Crippen LogP) is 2.25. The molecule has 2 aromatic heterocycles. The van der Waals surface area contributed by atoms with Gasteiger partial charge in [0.15, 0.2) is 5.82 Å². The van der Waals surface area contributed by atoms with E-state index in [1.807, 2.05) is 24.3 Å². The van der Waals surface area contributed by atoms with Crippen LogP contribution in [-0.4, -0.2) is 67.7 Å². The first kappa shape index (κ1) is 21.5. The number of likely N-dealkylation sites (tertiary alicyclic amines) is 1. The number of ether oxygens (including phenoxy) is 1. The van der Waals surface area contributed by atoms with Gasteiger partial charge in [0.2, 0.25) is 5.82 Å². The molecule has 0 unspecified atom stereocenters. The third-order valence-corrected chi connectivity index (χ3v) is 5.88. The molecule has 172 valence electrons. The number of nitrogens with one attached hydrogen (secondary N) is 1. The quantitative estimate of drug-likeness (QED) is 0.489. The van der Waals surface area contributed by atoms with Gasteiger partial charge in [-0.05, 0) is 49.2 Å². The van der Waals surface area contributed by atoms with Gasteiger partial charge in [-0.2, -0.15) is 5.10 Å². The number of aromatic nitrogens is 5. The second-order valence-corrected chi connectivity index (χ2v) is 8.00. The van der Waals surface area contributed by atoms with E-state index in [0.717, 1.165) is 5.39 Å². The molecule has 4 aromatic rings. The molecule has 0 atom stereocenters. The highest BCUT2D eigenvalue weighted by Gasteiger charge is 2.26. The minimum atomic E-state index is -0.355. The van der Waals surface area contributed by atoms with Crippen LogP contribution in [0.3, 0.4) is 0 Å². The molecule has 1 saturated heterocycles. The Morgan fingerprint density at radius 2 is 1.79 bits per heavy atom. The van der Waals surface area contributed by atoms with Crippen LogP contribution in [-0.2, 0) is 0 Å². The summed E-state index contributed by atoms with van der Waals surface area (Å²) in [5.41, 5.74) is 1.27. The van der Waals surface area contributed by atoms with Crippen LogP contribution in [0.25, 0.3) is 16.7 Å². The van der Waals surface area contributed by atoms with Crippen LogP contribution >= 0.6 is 0 Å². The summed E-state index contributed by atoms with van der Waals surface area (Å²) in [6.45, 7) is 1.11. The Morgan fingerprint density at radius 1 is 1.03 bits per heavy atom. The van der Waals surface area contributed by atoms with Crippen molar-refractivity contribution in [2.75, 3.05) is 20.2 Å². The van der Waals surface area contributed by atoms with E-state index >= 15 is 0 Å². The van der Waals surface area contributed by atoms with Crippen LogP contribution in [0.15, 0.2) is 61.2 Å².